The first kappa shape index (κ1) is 13.4. The molecule has 2 fully saturated rings. The summed E-state index contributed by atoms with van der Waals surface area (Å²) in [5.74, 6) is 0.869. The van der Waals surface area contributed by atoms with E-state index in [2.05, 4.69) is 17.6 Å². The Kier molecular flexibility index (Phi) is 4.25. The van der Waals surface area contributed by atoms with Crippen LogP contribution < -0.4 is 10.6 Å². The minimum atomic E-state index is -0.328. The first-order valence-electron chi connectivity index (χ1n) is 7.15. The fourth-order valence-corrected chi connectivity index (χ4v) is 2.94. The molecule has 2 N–H and O–H groups in total. The molecule has 2 aliphatic carbocycles. The van der Waals surface area contributed by atoms with Crippen LogP contribution in [0.2, 0.25) is 0 Å². The predicted octanol–water partition coefficient (Wildman–Crippen LogP) is 1.60. The van der Waals surface area contributed by atoms with Crippen molar-refractivity contribution in [2.75, 3.05) is 0 Å². The number of carbonyl (C=O) groups is 2. The van der Waals surface area contributed by atoms with E-state index < -0.39 is 0 Å². The van der Waals surface area contributed by atoms with Crippen molar-refractivity contribution in [2.24, 2.45) is 11.8 Å². The maximum atomic E-state index is 12.3. The maximum absolute atomic E-state index is 12.3. The average molecular weight is 252 g/mol. The van der Waals surface area contributed by atoms with Gasteiger partial charge in [-0.05, 0) is 44.4 Å². The Labute approximate surface area is 109 Å². The molecular weight excluding hydrogens is 228 g/mol. The van der Waals surface area contributed by atoms with E-state index in [9.17, 15) is 9.59 Å². The Morgan fingerprint density at radius 2 is 1.61 bits per heavy atom. The molecule has 18 heavy (non-hydrogen) atoms. The highest BCUT2D eigenvalue weighted by Gasteiger charge is 2.34. The Hall–Kier alpha value is -1.06. The highest BCUT2D eigenvalue weighted by Crippen LogP contribution is 2.33. The predicted molar refractivity (Wildman–Crippen MR) is 69.9 cm³/mol. The lowest BCUT2D eigenvalue weighted by Crippen LogP contribution is -2.52. The van der Waals surface area contributed by atoms with E-state index in [1.807, 2.05) is 0 Å². The molecule has 0 bridgehead atoms. The third-order valence-corrected chi connectivity index (χ3v) is 4.21. The van der Waals surface area contributed by atoms with E-state index in [-0.39, 0.29) is 23.9 Å². The van der Waals surface area contributed by atoms with Crippen molar-refractivity contribution < 1.29 is 9.59 Å². The van der Waals surface area contributed by atoms with Crippen LogP contribution in [-0.4, -0.2) is 23.9 Å². The molecule has 0 spiro atoms. The second kappa shape index (κ2) is 5.72. The van der Waals surface area contributed by atoms with Gasteiger partial charge in [0.25, 0.3) is 0 Å². The van der Waals surface area contributed by atoms with Gasteiger partial charge in [0.2, 0.25) is 11.8 Å². The molecule has 0 heterocycles. The van der Waals surface area contributed by atoms with Crippen molar-refractivity contribution in [3.63, 3.8) is 0 Å². The average Bonchev–Trinajstić information content (AvgIpc) is 3.02. The van der Waals surface area contributed by atoms with E-state index in [0.717, 1.165) is 12.8 Å². The highest BCUT2D eigenvalue weighted by atomic mass is 16.2. The van der Waals surface area contributed by atoms with Crippen molar-refractivity contribution in [2.45, 2.75) is 64.5 Å². The van der Waals surface area contributed by atoms with Gasteiger partial charge < -0.3 is 10.6 Å². The van der Waals surface area contributed by atoms with E-state index in [4.69, 9.17) is 0 Å². The zero-order chi connectivity index (χ0) is 13.1. The van der Waals surface area contributed by atoms with Gasteiger partial charge in [0.05, 0.1) is 0 Å². The van der Waals surface area contributed by atoms with Gasteiger partial charge in [-0.2, -0.15) is 0 Å². The molecule has 2 saturated carbocycles. The van der Waals surface area contributed by atoms with Crippen LogP contribution in [-0.2, 0) is 9.59 Å². The van der Waals surface area contributed by atoms with Crippen LogP contribution in [0.25, 0.3) is 0 Å². The Bertz CT molecular complexity index is 320. The minimum absolute atomic E-state index is 0.0106. The van der Waals surface area contributed by atoms with Crippen LogP contribution >= 0.6 is 0 Å². The SMILES string of the molecule is CC(=O)NC(C(=O)NC(C)C1CC1)C1CCCC1. The number of hydrogen-bond acceptors (Lipinski definition) is 2. The van der Waals surface area contributed by atoms with Gasteiger partial charge in [0.15, 0.2) is 0 Å². The molecule has 0 aromatic heterocycles. The summed E-state index contributed by atoms with van der Waals surface area (Å²) in [6.45, 7) is 3.55. The van der Waals surface area contributed by atoms with Gasteiger partial charge in [0.1, 0.15) is 6.04 Å². The largest absolute Gasteiger partial charge is 0.352 e. The monoisotopic (exact) mass is 252 g/mol. The normalized spacial score (nSPS) is 23.4. The van der Waals surface area contributed by atoms with Crippen molar-refractivity contribution in [1.29, 1.82) is 0 Å². The summed E-state index contributed by atoms with van der Waals surface area (Å²) in [4.78, 5) is 23.5. The summed E-state index contributed by atoms with van der Waals surface area (Å²) in [6.07, 6.45) is 6.89. The number of amides is 2. The first-order valence-corrected chi connectivity index (χ1v) is 7.15. The highest BCUT2D eigenvalue weighted by molar-refractivity contribution is 5.87. The van der Waals surface area contributed by atoms with Crippen LogP contribution in [0.15, 0.2) is 0 Å². The minimum Gasteiger partial charge on any atom is -0.352 e. The van der Waals surface area contributed by atoms with Crippen LogP contribution in [0.5, 0.6) is 0 Å². The summed E-state index contributed by atoms with van der Waals surface area (Å²) in [5, 5.41) is 5.91. The molecule has 2 atom stereocenters. The molecule has 2 aliphatic rings. The fourth-order valence-electron chi connectivity index (χ4n) is 2.94. The Balaban J connectivity index is 1.92. The molecule has 0 aromatic rings. The molecule has 0 aromatic carbocycles. The third-order valence-electron chi connectivity index (χ3n) is 4.21. The Morgan fingerprint density at radius 3 is 2.11 bits per heavy atom. The van der Waals surface area contributed by atoms with Crippen LogP contribution in [0.3, 0.4) is 0 Å². The topological polar surface area (TPSA) is 58.2 Å². The van der Waals surface area contributed by atoms with Crippen molar-refractivity contribution in [1.82, 2.24) is 10.6 Å². The van der Waals surface area contributed by atoms with Gasteiger partial charge in [-0.15, -0.1) is 0 Å². The lowest BCUT2D eigenvalue weighted by molar-refractivity contribution is -0.130. The van der Waals surface area contributed by atoms with Gasteiger partial charge in [-0.3, -0.25) is 9.59 Å². The molecule has 0 radical (unpaired) electrons. The molecule has 0 aliphatic heterocycles. The summed E-state index contributed by atoms with van der Waals surface area (Å²) >= 11 is 0. The molecule has 4 heteroatoms. The van der Waals surface area contributed by atoms with Gasteiger partial charge in [-0.25, -0.2) is 0 Å². The Morgan fingerprint density at radius 1 is 1.00 bits per heavy atom. The van der Waals surface area contributed by atoms with Crippen LogP contribution in [0.4, 0.5) is 0 Å². The molecule has 2 rings (SSSR count). The van der Waals surface area contributed by atoms with Crippen molar-refractivity contribution in [3.8, 4) is 0 Å². The summed E-state index contributed by atoms with van der Waals surface area (Å²) < 4.78 is 0. The number of nitrogens with one attached hydrogen (secondary N) is 2. The second-order valence-corrected chi connectivity index (χ2v) is 5.86. The number of rotatable bonds is 5. The summed E-state index contributed by atoms with van der Waals surface area (Å²) in [7, 11) is 0. The second-order valence-electron chi connectivity index (χ2n) is 5.86. The molecule has 2 unspecified atom stereocenters. The van der Waals surface area contributed by atoms with Gasteiger partial charge in [0, 0.05) is 13.0 Å². The summed E-state index contributed by atoms with van der Waals surface area (Å²) in [5.41, 5.74) is 0. The van der Waals surface area contributed by atoms with E-state index in [0.29, 0.717) is 11.8 Å². The van der Waals surface area contributed by atoms with Crippen LogP contribution in [0, 0.1) is 11.8 Å². The first-order chi connectivity index (χ1) is 8.58. The molecule has 102 valence electrons. The quantitative estimate of drug-likeness (QED) is 0.780. The zero-order valence-corrected chi connectivity index (χ0v) is 11.4. The molecule has 0 saturated heterocycles. The standard InChI is InChI=1S/C14H24N2O2/c1-9(11-7-8-11)15-14(18)13(16-10(2)17)12-5-3-4-6-12/h9,11-13H,3-8H2,1-2H3,(H,15,18)(H,16,17). The van der Waals surface area contributed by atoms with E-state index in [1.54, 1.807) is 0 Å². The smallest absolute Gasteiger partial charge is 0.243 e. The number of hydrogen-bond donors (Lipinski definition) is 2. The molecule has 4 nitrogen and oxygen atoms in total. The van der Waals surface area contributed by atoms with Crippen molar-refractivity contribution >= 4 is 11.8 Å². The number of carbonyl (C=O) groups excluding carboxylic acids is 2. The van der Waals surface area contributed by atoms with Crippen molar-refractivity contribution in [3.05, 3.63) is 0 Å². The zero-order valence-electron chi connectivity index (χ0n) is 11.4. The fraction of sp³-hybridized carbons (Fsp3) is 0.857. The van der Waals surface area contributed by atoms with Crippen LogP contribution in [0.1, 0.15) is 52.4 Å². The lowest BCUT2D eigenvalue weighted by atomic mass is 9.96. The third kappa shape index (κ3) is 3.47. The van der Waals surface area contributed by atoms with Gasteiger partial charge in [-0.1, -0.05) is 12.8 Å². The molecular formula is C14H24N2O2. The molecule has 2 amide bonds. The summed E-state index contributed by atoms with van der Waals surface area (Å²) in [6, 6.07) is -0.0821. The van der Waals surface area contributed by atoms with E-state index in [1.165, 1.54) is 32.6 Å². The lowest BCUT2D eigenvalue weighted by Gasteiger charge is -2.25. The maximum Gasteiger partial charge on any atom is 0.243 e. The van der Waals surface area contributed by atoms with E-state index >= 15 is 0 Å². The van der Waals surface area contributed by atoms with Gasteiger partial charge >= 0.3 is 0 Å².